The number of nitrogens with one attached hydrogen (secondary N) is 1. The fourth-order valence-corrected chi connectivity index (χ4v) is 1.82. The highest BCUT2D eigenvalue weighted by atomic mass is 16.3. The number of pyridine rings is 1. The Kier molecular flexibility index (Phi) is 4.45. The lowest BCUT2D eigenvalue weighted by Gasteiger charge is -2.26. The van der Waals surface area contributed by atoms with E-state index in [0.717, 1.165) is 0 Å². The largest absolute Gasteiger partial charge is 0.504 e. The minimum atomic E-state index is -0.253. The summed E-state index contributed by atoms with van der Waals surface area (Å²) < 4.78 is 0. The Morgan fingerprint density at radius 3 is 2.59 bits per heavy atom. The Balaban J connectivity index is 2.81. The van der Waals surface area contributed by atoms with Crippen molar-refractivity contribution in [1.29, 1.82) is 0 Å². The lowest BCUT2D eigenvalue weighted by molar-refractivity contribution is -0.121. The molecule has 1 aromatic heterocycles. The fraction of sp³-hybridized carbons (Fsp3) is 0.500. The van der Waals surface area contributed by atoms with E-state index in [-0.39, 0.29) is 29.4 Å². The third-order valence-electron chi connectivity index (χ3n) is 2.48. The van der Waals surface area contributed by atoms with Gasteiger partial charge in [-0.3, -0.25) is 9.69 Å². The molecule has 1 rings (SSSR count). The number of hydrogen-bond acceptors (Lipinski definition) is 4. The molecule has 5 nitrogen and oxygen atoms in total. The van der Waals surface area contributed by atoms with Crippen LogP contribution >= 0.6 is 0 Å². The summed E-state index contributed by atoms with van der Waals surface area (Å²) >= 11 is 0. The average molecular weight is 237 g/mol. The molecule has 0 aromatic carbocycles. The second-order valence-electron chi connectivity index (χ2n) is 4.51. The Labute approximate surface area is 101 Å². The third kappa shape index (κ3) is 3.42. The molecule has 0 aliphatic carbocycles. The van der Waals surface area contributed by atoms with E-state index in [1.54, 1.807) is 6.07 Å². The van der Waals surface area contributed by atoms with Gasteiger partial charge in [0.05, 0.1) is 6.04 Å². The average Bonchev–Trinajstić information content (AvgIpc) is 2.20. The molecule has 1 aromatic rings. The van der Waals surface area contributed by atoms with Gasteiger partial charge in [-0.25, -0.2) is 4.98 Å². The monoisotopic (exact) mass is 237 g/mol. The molecule has 0 radical (unpaired) electrons. The van der Waals surface area contributed by atoms with E-state index in [9.17, 15) is 9.90 Å². The number of rotatable bonds is 4. The molecule has 0 aliphatic rings. The van der Waals surface area contributed by atoms with Gasteiger partial charge in [0, 0.05) is 6.20 Å². The number of carbonyl (C=O) groups excluding carboxylic acids is 1. The van der Waals surface area contributed by atoms with Crippen LogP contribution in [0.4, 0.5) is 5.82 Å². The van der Waals surface area contributed by atoms with Crippen LogP contribution in [0.3, 0.4) is 0 Å². The molecule has 0 saturated carbocycles. The van der Waals surface area contributed by atoms with E-state index in [2.05, 4.69) is 10.3 Å². The Bertz CT molecular complexity index is 383. The van der Waals surface area contributed by atoms with Crippen molar-refractivity contribution < 1.29 is 9.90 Å². The summed E-state index contributed by atoms with van der Waals surface area (Å²) in [5, 5.41) is 12.2. The topological polar surface area (TPSA) is 65.5 Å². The maximum absolute atomic E-state index is 12.0. The Morgan fingerprint density at radius 2 is 2.12 bits per heavy atom. The molecular formula is C12H19N3O2. The van der Waals surface area contributed by atoms with Crippen LogP contribution in [0.2, 0.25) is 0 Å². The molecule has 94 valence electrons. The van der Waals surface area contributed by atoms with Crippen LogP contribution in [-0.4, -0.2) is 41.0 Å². The first-order valence-corrected chi connectivity index (χ1v) is 5.54. The quantitative estimate of drug-likeness (QED) is 0.828. The summed E-state index contributed by atoms with van der Waals surface area (Å²) in [5.74, 6) is 0.182. The van der Waals surface area contributed by atoms with E-state index in [0.29, 0.717) is 0 Å². The van der Waals surface area contributed by atoms with Gasteiger partial charge in [-0.2, -0.15) is 0 Å². The molecule has 17 heavy (non-hydrogen) atoms. The lowest BCUT2D eigenvalue weighted by atomic mass is 10.0. The van der Waals surface area contributed by atoms with Crippen molar-refractivity contribution >= 4 is 11.7 Å². The molecule has 1 atom stereocenters. The van der Waals surface area contributed by atoms with Crippen LogP contribution in [0.15, 0.2) is 18.3 Å². The minimum absolute atomic E-state index is 0.0258. The summed E-state index contributed by atoms with van der Waals surface area (Å²) in [5.41, 5.74) is 0. The molecule has 5 heteroatoms. The van der Waals surface area contributed by atoms with Gasteiger partial charge in [0.25, 0.3) is 0 Å². The molecular weight excluding hydrogens is 218 g/mol. The molecule has 2 N–H and O–H groups in total. The zero-order chi connectivity index (χ0) is 13.0. The van der Waals surface area contributed by atoms with Gasteiger partial charge in [-0.1, -0.05) is 13.8 Å². The maximum atomic E-state index is 12.0. The number of aromatic hydroxyl groups is 1. The Hall–Kier alpha value is -1.62. The summed E-state index contributed by atoms with van der Waals surface area (Å²) in [6.07, 6.45) is 1.52. The molecule has 0 saturated heterocycles. The van der Waals surface area contributed by atoms with E-state index < -0.39 is 0 Å². The molecule has 1 heterocycles. The van der Waals surface area contributed by atoms with Crippen LogP contribution in [-0.2, 0) is 4.79 Å². The summed E-state index contributed by atoms with van der Waals surface area (Å²) in [6, 6.07) is 2.84. The summed E-state index contributed by atoms with van der Waals surface area (Å²) in [7, 11) is 3.70. The second-order valence-corrected chi connectivity index (χ2v) is 4.51. The zero-order valence-electron chi connectivity index (χ0n) is 10.6. The predicted octanol–water partition coefficient (Wildman–Crippen LogP) is 1.31. The van der Waals surface area contributed by atoms with Gasteiger partial charge in [0.15, 0.2) is 11.6 Å². The molecule has 0 bridgehead atoms. The first-order chi connectivity index (χ1) is 7.93. The van der Waals surface area contributed by atoms with Crippen molar-refractivity contribution in [2.45, 2.75) is 19.9 Å². The van der Waals surface area contributed by atoms with Crippen molar-refractivity contribution in [3.63, 3.8) is 0 Å². The molecule has 0 aliphatic heterocycles. The predicted molar refractivity (Wildman–Crippen MR) is 66.8 cm³/mol. The minimum Gasteiger partial charge on any atom is -0.504 e. The van der Waals surface area contributed by atoms with Crippen LogP contribution in [0.5, 0.6) is 5.75 Å². The highest BCUT2D eigenvalue weighted by molar-refractivity contribution is 5.95. The van der Waals surface area contributed by atoms with Crippen molar-refractivity contribution in [2.24, 2.45) is 5.92 Å². The lowest BCUT2D eigenvalue weighted by Crippen LogP contribution is -2.43. The SMILES string of the molecule is CC(C)[C@@H](C(=O)Nc1ncccc1O)N(C)C. The van der Waals surface area contributed by atoms with E-state index in [1.165, 1.54) is 12.3 Å². The van der Waals surface area contributed by atoms with Crippen LogP contribution in [0.25, 0.3) is 0 Å². The van der Waals surface area contributed by atoms with E-state index in [4.69, 9.17) is 0 Å². The van der Waals surface area contributed by atoms with Crippen LogP contribution in [0.1, 0.15) is 13.8 Å². The van der Waals surface area contributed by atoms with Crippen LogP contribution < -0.4 is 5.32 Å². The normalized spacial score (nSPS) is 12.8. The number of amides is 1. The van der Waals surface area contributed by atoms with Crippen molar-refractivity contribution in [1.82, 2.24) is 9.88 Å². The summed E-state index contributed by atoms with van der Waals surface area (Å²) in [6.45, 7) is 3.95. The Morgan fingerprint density at radius 1 is 1.47 bits per heavy atom. The molecule has 0 unspecified atom stereocenters. The van der Waals surface area contributed by atoms with Gasteiger partial charge < -0.3 is 10.4 Å². The molecule has 1 amide bonds. The standard InChI is InChI=1S/C12H19N3O2/c1-8(2)10(15(3)4)12(17)14-11-9(16)6-5-7-13-11/h5-8,10,16H,1-4H3,(H,13,14,17)/t10-/m0/s1. The zero-order valence-corrected chi connectivity index (χ0v) is 10.6. The second kappa shape index (κ2) is 5.63. The first-order valence-electron chi connectivity index (χ1n) is 5.54. The number of anilines is 1. The van der Waals surface area contributed by atoms with Crippen molar-refractivity contribution in [3.05, 3.63) is 18.3 Å². The highest BCUT2D eigenvalue weighted by Gasteiger charge is 2.25. The van der Waals surface area contributed by atoms with Gasteiger partial charge in [0.1, 0.15) is 0 Å². The van der Waals surface area contributed by atoms with E-state index in [1.807, 2.05) is 32.8 Å². The maximum Gasteiger partial charge on any atom is 0.243 e. The number of carbonyl (C=O) groups is 1. The van der Waals surface area contributed by atoms with Crippen LogP contribution in [0, 0.1) is 5.92 Å². The fourth-order valence-electron chi connectivity index (χ4n) is 1.82. The van der Waals surface area contributed by atoms with E-state index >= 15 is 0 Å². The van der Waals surface area contributed by atoms with Crippen molar-refractivity contribution in [3.8, 4) is 5.75 Å². The number of aromatic nitrogens is 1. The highest BCUT2D eigenvalue weighted by Crippen LogP contribution is 2.19. The molecule has 0 fully saturated rings. The van der Waals surface area contributed by atoms with Crippen molar-refractivity contribution in [2.75, 3.05) is 19.4 Å². The first kappa shape index (κ1) is 13.4. The van der Waals surface area contributed by atoms with Gasteiger partial charge in [-0.15, -0.1) is 0 Å². The molecule has 0 spiro atoms. The smallest absolute Gasteiger partial charge is 0.243 e. The summed E-state index contributed by atoms with van der Waals surface area (Å²) in [4.78, 5) is 17.8. The number of nitrogens with zero attached hydrogens (tertiary/aromatic N) is 2. The third-order valence-corrected chi connectivity index (χ3v) is 2.48. The van der Waals surface area contributed by atoms with Gasteiger partial charge in [0.2, 0.25) is 5.91 Å². The number of likely N-dealkylation sites (N-methyl/N-ethyl adjacent to an activating group) is 1. The van der Waals surface area contributed by atoms with Gasteiger partial charge in [-0.05, 0) is 32.1 Å². The van der Waals surface area contributed by atoms with Gasteiger partial charge >= 0.3 is 0 Å². The number of hydrogen-bond donors (Lipinski definition) is 2.